The summed E-state index contributed by atoms with van der Waals surface area (Å²) in [6.07, 6.45) is 1.58. The number of halogens is 1. The van der Waals surface area contributed by atoms with Gasteiger partial charge in [0.1, 0.15) is 18.1 Å². The molecule has 0 bridgehead atoms. The van der Waals surface area contributed by atoms with Gasteiger partial charge in [-0.25, -0.2) is 0 Å². The van der Waals surface area contributed by atoms with Crippen molar-refractivity contribution in [3.8, 4) is 11.4 Å². The zero-order chi connectivity index (χ0) is 22.5. The van der Waals surface area contributed by atoms with E-state index < -0.39 is 6.04 Å². The van der Waals surface area contributed by atoms with Crippen molar-refractivity contribution in [3.05, 3.63) is 59.9 Å². The molecule has 1 N–H and O–H groups in total. The van der Waals surface area contributed by atoms with Crippen LogP contribution in [0, 0.1) is 0 Å². The standard InChI is InChI=1S/C21H20ClN5O3S2/c1-30-17-7-5-15(6-8-17)24-20(29)18-10-31-13-27(18)19(28)11-32-21-25-23-12-26(21)16-4-2-3-14(22)9-16/h2-9,12,18H,10-11,13H2,1H3,(H,24,29). The molecule has 4 rings (SSSR count). The number of benzene rings is 2. The Labute approximate surface area is 198 Å². The summed E-state index contributed by atoms with van der Waals surface area (Å²) in [4.78, 5) is 27.3. The molecule has 1 unspecified atom stereocenters. The monoisotopic (exact) mass is 489 g/mol. The second kappa shape index (κ2) is 10.3. The van der Waals surface area contributed by atoms with Crippen molar-refractivity contribution in [1.82, 2.24) is 19.7 Å². The Balaban J connectivity index is 1.38. The first-order chi connectivity index (χ1) is 15.5. The molecule has 8 nitrogen and oxygen atoms in total. The number of hydrogen-bond donors (Lipinski definition) is 1. The molecule has 1 atom stereocenters. The molecule has 0 aliphatic carbocycles. The van der Waals surface area contributed by atoms with Crippen molar-refractivity contribution in [2.45, 2.75) is 11.2 Å². The molecule has 166 valence electrons. The minimum Gasteiger partial charge on any atom is -0.497 e. The van der Waals surface area contributed by atoms with Gasteiger partial charge in [-0.2, -0.15) is 0 Å². The maximum absolute atomic E-state index is 12.9. The number of rotatable bonds is 7. The minimum atomic E-state index is -0.527. The number of nitrogens with one attached hydrogen (secondary N) is 1. The lowest BCUT2D eigenvalue weighted by Gasteiger charge is -2.23. The number of aromatic nitrogens is 3. The van der Waals surface area contributed by atoms with E-state index in [0.717, 1.165) is 5.69 Å². The average Bonchev–Trinajstić information content (AvgIpc) is 3.48. The van der Waals surface area contributed by atoms with Crippen LogP contribution in [0.25, 0.3) is 5.69 Å². The van der Waals surface area contributed by atoms with Gasteiger partial charge in [0.05, 0.1) is 24.4 Å². The molecular weight excluding hydrogens is 470 g/mol. The molecule has 1 aliphatic rings. The minimum absolute atomic E-state index is 0.129. The van der Waals surface area contributed by atoms with Crippen molar-refractivity contribution >= 4 is 52.6 Å². The zero-order valence-corrected chi connectivity index (χ0v) is 19.5. The lowest BCUT2D eigenvalue weighted by molar-refractivity contribution is -0.134. The van der Waals surface area contributed by atoms with Crippen molar-refractivity contribution in [1.29, 1.82) is 0 Å². The highest BCUT2D eigenvalue weighted by atomic mass is 35.5. The summed E-state index contributed by atoms with van der Waals surface area (Å²) >= 11 is 8.91. The molecule has 0 saturated carbocycles. The molecule has 1 saturated heterocycles. The Morgan fingerprint density at radius 1 is 1.28 bits per heavy atom. The number of thioether (sulfide) groups is 2. The Hall–Kier alpha value is -2.69. The van der Waals surface area contributed by atoms with Crippen LogP contribution >= 0.6 is 35.1 Å². The highest BCUT2D eigenvalue weighted by Crippen LogP contribution is 2.26. The van der Waals surface area contributed by atoms with E-state index in [1.54, 1.807) is 71.1 Å². The van der Waals surface area contributed by atoms with Gasteiger partial charge in [-0.05, 0) is 42.5 Å². The second-order valence-electron chi connectivity index (χ2n) is 6.85. The number of ether oxygens (including phenoxy) is 1. The van der Waals surface area contributed by atoms with E-state index in [0.29, 0.717) is 33.2 Å². The van der Waals surface area contributed by atoms with E-state index in [2.05, 4.69) is 15.5 Å². The van der Waals surface area contributed by atoms with Crippen molar-refractivity contribution in [2.24, 2.45) is 0 Å². The molecule has 11 heteroatoms. The zero-order valence-electron chi connectivity index (χ0n) is 17.1. The van der Waals surface area contributed by atoms with Gasteiger partial charge < -0.3 is 15.0 Å². The molecule has 1 aromatic heterocycles. The first-order valence-corrected chi connectivity index (χ1v) is 12.2. The maximum atomic E-state index is 12.9. The topological polar surface area (TPSA) is 89.3 Å². The van der Waals surface area contributed by atoms with Crippen molar-refractivity contribution < 1.29 is 14.3 Å². The van der Waals surface area contributed by atoms with Crippen molar-refractivity contribution in [3.63, 3.8) is 0 Å². The first-order valence-electron chi connectivity index (χ1n) is 9.66. The highest BCUT2D eigenvalue weighted by molar-refractivity contribution is 8.00. The summed E-state index contributed by atoms with van der Waals surface area (Å²) in [6.45, 7) is 0. The summed E-state index contributed by atoms with van der Waals surface area (Å²) in [6, 6.07) is 13.9. The van der Waals surface area contributed by atoms with Gasteiger partial charge in [-0.1, -0.05) is 29.4 Å². The third-order valence-corrected chi connectivity index (χ3v) is 6.97. The third kappa shape index (κ3) is 5.20. The SMILES string of the molecule is COc1ccc(NC(=O)C2CSCN2C(=O)CSc2nncn2-c2cccc(Cl)c2)cc1. The highest BCUT2D eigenvalue weighted by Gasteiger charge is 2.34. The summed E-state index contributed by atoms with van der Waals surface area (Å²) in [5.74, 6) is 1.54. The number of carbonyl (C=O) groups is 2. The van der Waals surface area contributed by atoms with Crippen LogP contribution in [0.4, 0.5) is 5.69 Å². The second-order valence-corrected chi connectivity index (χ2v) is 9.23. The summed E-state index contributed by atoms with van der Waals surface area (Å²) < 4.78 is 6.91. The predicted molar refractivity (Wildman–Crippen MR) is 127 cm³/mol. The maximum Gasteiger partial charge on any atom is 0.248 e. The lowest BCUT2D eigenvalue weighted by atomic mass is 10.2. The molecule has 2 heterocycles. The van der Waals surface area contributed by atoms with Gasteiger partial charge in [-0.15, -0.1) is 22.0 Å². The van der Waals surface area contributed by atoms with Gasteiger partial charge in [0, 0.05) is 16.5 Å². The van der Waals surface area contributed by atoms with Crippen LogP contribution in [0.3, 0.4) is 0 Å². The summed E-state index contributed by atoms with van der Waals surface area (Å²) in [7, 11) is 1.59. The normalized spacial score (nSPS) is 15.6. The Kier molecular flexibility index (Phi) is 7.23. The van der Waals surface area contributed by atoms with Crippen LogP contribution < -0.4 is 10.1 Å². The van der Waals surface area contributed by atoms with Gasteiger partial charge >= 0.3 is 0 Å². The first kappa shape index (κ1) is 22.5. The van der Waals surface area contributed by atoms with Gasteiger partial charge in [0.25, 0.3) is 0 Å². The van der Waals surface area contributed by atoms with Gasteiger partial charge in [-0.3, -0.25) is 14.2 Å². The van der Waals surface area contributed by atoms with E-state index in [-0.39, 0.29) is 17.6 Å². The molecule has 1 fully saturated rings. The van der Waals surface area contributed by atoms with Crippen molar-refractivity contribution in [2.75, 3.05) is 29.8 Å². The van der Waals surface area contributed by atoms with E-state index >= 15 is 0 Å². The van der Waals surface area contributed by atoms with E-state index in [4.69, 9.17) is 16.3 Å². The van der Waals surface area contributed by atoms with Crippen LogP contribution in [0.2, 0.25) is 5.02 Å². The predicted octanol–water partition coefficient (Wildman–Crippen LogP) is 3.56. The van der Waals surface area contributed by atoms with Crippen LogP contribution in [0.15, 0.2) is 60.0 Å². The molecule has 0 spiro atoms. The molecule has 2 aromatic carbocycles. The van der Waals surface area contributed by atoms with Crippen LogP contribution in [0.1, 0.15) is 0 Å². The molecule has 1 aliphatic heterocycles. The number of carbonyl (C=O) groups excluding carboxylic acids is 2. The van der Waals surface area contributed by atoms with E-state index in [1.807, 2.05) is 12.1 Å². The lowest BCUT2D eigenvalue weighted by Crippen LogP contribution is -2.45. The van der Waals surface area contributed by atoms with Crippen LogP contribution in [0.5, 0.6) is 5.75 Å². The number of hydrogen-bond acceptors (Lipinski definition) is 7. The summed E-state index contributed by atoms with van der Waals surface area (Å²) in [5.41, 5.74) is 1.47. The Morgan fingerprint density at radius 3 is 2.84 bits per heavy atom. The van der Waals surface area contributed by atoms with Gasteiger partial charge in [0.15, 0.2) is 5.16 Å². The fourth-order valence-electron chi connectivity index (χ4n) is 3.14. The number of methoxy groups -OCH3 is 1. The molecular formula is C21H20ClN5O3S2. The van der Waals surface area contributed by atoms with E-state index in [1.165, 1.54) is 11.8 Å². The summed E-state index contributed by atoms with van der Waals surface area (Å²) in [5, 5.41) is 12.1. The van der Waals surface area contributed by atoms with E-state index in [9.17, 15) is 9.59 Å². The Bertz CT molecular complexity index is 1110. The Morgan fingerprint density at radius 2 is 2.09 bits per heavy atom. The number of nitrogens with zero attached hydrogens (tertiary/aromatic N) is 4. The largest absolute Gasteiger partial charge is 0.497 e. The molecule has 32 heavy (non-hydrogen) atoms. The quantitative estimate of drug-likeness (QED) is 0.507. The number of amides is 2. The number of anilines is 1. The molecule has 3 aromatic rings. The fourth-order valence-corrected chi connectivity index (χ4v) is 5.32. The van der Waals surface area contributed by atoms with Crippen LogP contribution in [-0.4, -0.2) is 62.0 Å². The fraction of sp³-hybridized carbons (Fsp3) is 0.238. The third-order valence-electron chi connectivity index (χ3n) is 4.79. The molecule has 0 radical (unpaired) electrons. The average molecular weight is 490 g/mol. The smallest absolute Gasteiger partial charge is 0.248 e. The molecule has 2 amide bonds. The van der Waals surface area contributed by atoms with Gasteiger partial charge in [0.2, 0.25) is 11.8 Å². The van der Waals surface area contributed by atoms with Crippen LogP contribution in [-0.2, 0) is 9.59 Å².